The number of amides is 1. The van der Waals surface area contributed by atoms with Crippen molar-refractivity contribution >= 4 is 40.7 Å². The largest absolute Gasteiger partial charge is 0.489 e. The van der Waals surface area contributed by atoms with Crippen LogP contribution < -0.4 is 4.74 Å². The summed E-state index contributed by atoms with van der Waals surface area (Å²) in [4.78, 5) is 17.1. The van der Waals surface area contributed by atoms with Crippen LogP contribution in [0.15, 0.2) is 66.7 Å². The summed E-state index contributed by atoms with van der Waals surface area (Å²) < 4.78 is 5.76. The first-order valence-electron chi connectivity index (χ1n) is 10.4. The Balaban J connectivity index is 1.28. The Kier molecular flexibility index (Phi) is 7.59. The number of ether oxygens (including phenoxy) is 1. The molecule has 0 spiro atoms. The van der Waals surface area contributed by atoms with Crippen LogP contribution in [0.4, 0.5) is 0 Å². The van der Waals surface area contributed by atoms with Crippen molar-refractivity contribution in [2.75, 3.05) is 26.2 Å². The Labute approximate surface area is 203 Å². The fourth-order valence-electron chi connectivity index (χ4n) is 3.65. The third kappa shape index (κ3) is 5.96. The summed E-state index contributed by atoms with van der Waals surface area (Å²) in [6.07, 6.45) is 0. The maximum absolute atomic E-state index is 12.9. The van der Waals surface area contributed by atoms with E-state index in [0.717, 1.165) is 36.5 Å². The zero-order valence-corrected chi connectivity index (χ0v) is 19.7. The van der Waals surface area contributed by atoms with Crippen LogP contribution in [0.25, 0.3) is 0 Å². The first kappa shape index (κ1) is 22.9. The number of rotatable bonds is 6. The predicted molar refractivity (Wildman–Crippen MR) is 130 cm³/mol. The van der Waals surface area contributed by atoms with E-state index >= 15 is 0 Å². The van der Waals surface area contributed by atoms with Gasteiger partial charge in [-0.3, -0.25) is 9.69 Å². The summed E-state index contributed by atoms with van der Waals surface area (Å²) in [7, 11) is 0. The second kappa shape index (κ2) is 10.6. The molecule has 0 radical (unpaired) electrons. The topological polar surface area (TPSA) is 32.8 Å². The van der Waals surface area contributed by atoms with Crippen LogP contribution in [0.5, 0.6) is 5.75 Å². The van der Waals surface area contributed by atoms with E-state index in [1.807, 2.05) is 59.5 Å². The Morgan fingerprint density at radius 1 is 0.844 bits per heavy atom. The third-order valence-corrected chi connectivity index (χ3v) is 6.29. The highest BCUT2D eigenvalue weighted by Gasteiger charge is 2.22. The van der Waals surface area contributed by atoms with Gasteiger partial charge in [0.2, 0.25) is 0 Å². The standard InChI is InChI=1S/C25H23Cl3N2O2/c26-21-2-1-3-23(14-21)32-17-18-4-6-19(7-5-18)25(31)30-12-10-29(11-13-30)16-20-8-9-22(27)15-24(20)28/h1-9,14-15H,10-13,16-17H2. The number of halogens is 3. The summed E-state index contributed by atoms with van der Waals surface area (Å²) in [5.41, 5.74) is 2.73. The minimum absolute atomic E-state index is 0.0523. The van der Waals surface area contributed by atoms with Crippen LogP contribution in [0.2, 0.25) is 15.1 Å². The van der Waals surface area contributed by atoms with Crippen molar-refractivity contribution in [2.45, 2.75) is 13.2 Å². The van der Waals surface area contributed by atoms with Crippen LogP contribution in [0.3, 0.4) is 0 Å². The molecule has 1 heterocycles. The quantitative estimate of drug-likeness (QED) is 0.414. The maximum Gasteiger partial charge on any atom is 0.253 e. The Hall–Kier alpha value is -2.24. The van der Waals surface area contributed by atoms with Gasteiger partial charge in [0.1, 0.15) is 12.4 Å². The van der Waals surface area contributed by atoms with Gasteiger partial charge in [0.15, 0.2) is 0 Å². The van der Waals surface area contributed by atoms with Crippen LogP contribution in [0.1, 0.15) is 21.5 Å². The van der Waals surface area contributed by atoms with E-state index in [9.17, 15) is 4.79 Å². The lowest BCUT2D eigenvalue weighted by Crippen LogP contribution is -2.48. The molecule has 0 aliphatic carbocycles. The highest BCUT2D eigenvalue weighted by Crippen LogP contribution is 2.23. The normalized spacial score (nSPS) is 14.4. The zero-order chi connectivity index (χ0) is 22.5. The minimum Gasteiger partial charge on any atom is -0.489 e. The highest BCUT2D eigenvalue weighted by molar-refractivity contribution is 6.35. The molecule has 1 saturated heterocycles. The molecule has 0 N–H and O–H groups in total. The van der Waals surface area contributed by atoms with Gasteiger partial charge in [-0.15, -0.1) is 0 Å². The molecule has 0 saturated carbocycles. The van der Waals surface area contributed by atoms with Crippen LogP contribution >= 0.6 is 34.8 Å². The zero-order valence-electron chi connectivity index (χ0n) is 17.4. The van der Waals surface area contributed by atoms with Gasteiger partial charge >= 0.3 is 0 Å². The Morgan fingerprint density at radius 3 is 2.25 bits per heavy atom. The van der Waals surface area contributed by atoms with Crippen molar-refractivity contribution in [3.63, 3.8) is 0 Å². The molecule has 7 heteroatoms. The number of carbonyl (C=O) groups excluding carboxylic acids is 1. The fraction of sp³-hybridized carbons (Fsp3) is 0.240. The smallest absolute Gasteiger partial charge is 0.253 e. The van der Waals surface area contributed by atoms with Gasteiger partial charge in [0.05, 0.1) is 0 Å². The van der Waals surface area contributed by atoms with Gasteiger partial charge < -0.3 is 9.64 Å². The Morgan fingerprint density at radius 2 is 1.56 bits per heavy atom. The second-order valence-corrected chi connectivity index (χ2v) is 9.03. The van der Waals surface area contributed by atoms with Crippen LogP contribution in [-0.4, -0.2) is 41.9 Å². The summed E-state index contributed by atoms with van der Waals surface area (Å²) in [5.74, 6) is 0.770. The molecule has 1 fully saturated rings. The number of piperazine rings is 1. The summed E-state index contributed by atoms with van der Waals surface area (Å²) in [6.45, 7) is 4.14. The molecule has 4 rings (SSSR count). The second-order valence-electron chi connectivity index (χ2n) is 7.75. The van der Waals surface area contributed by atoms with Gasteiger partial charge in [-0.05, 0) is 53.6 Å². The van der Waals surface area contributed by atoms with Crippen molar-refractivity contribution < 1.29 is 9.53 Å². The molecule has 3 aromatic rings. The number of carbonyl (C=O) groups is 1. The van der Waals surface area contributed by atoms with E-state index in [2.05, 4.69) is 4.90 Å². The molecule has 1 aliphatic heterocycles. The lowest BCUT2D eigenvalue weighted by Gasteiger charge is -2.35. The van der Waals surface area contributed by atoms with Crippen molar-refractivity contribution in [3.8, 4) is 5.75 Å². The molecule has 3 aromatic carbocycles. The molecule has 166 valence electrons. The monoisotopic (exact) mass is 488 g/mol. The number of benzene rings is 3. The van der Waals surface area contributed by atoms with Crippen molar-refractivity contribution in [1.29, 1.82) is 0 Å². The van der Waals surface area contributed by atoms with E-state index in [-0.39, 0.29) is 5.91 Å². The lowest BCUT2D eigenvalue weighted by atomic mass is 10.1. The molecule has 1 aliphatic rings. The molecule has 32 heavy (non-hydrogen) atoms. The summed E-state index contributed by atoms with van der Waals surface area (Å²) in [6, 6.07) is 20.5. The van der Waals surface area contributed by atoms with Gasteiger partial charge in [-0.2, -0.15) is 0 Å². The van der Waals surface area contributed by atoms with E-state index < -0.39 is 0 Å². The molecular formula is C25H23Cl3N2O2. The Bertz CT molecular complexity index is 1080. The number of hydrogen-bond donors (Lipinski definition) is 0. The summed E-state index contributed by atoms with van der Waals surface area (Å²) in [5, 5.41) is 1.95. The van der Waals surface area contributed by atoms with E-state index in [0.29, 0.717) is 40.3 Å². The first-order chi connectivity index (χ1) is 15.5. The molecule has 1 amide bonds. The van der Waals surface area contributed by atoms with Crippen molar-refractivity contribution in [3.05, 3.63) is 98.5 Å². The maximum atomic E-state index is 12.9. The molecule has 0 unspecified atom stereocenters. The number of nitrogens with zero attached hydrogens (tertiary/aromatic N) is 2. The minimum atomic E-state index is 0.0523. The molecule has 0 atom stereocenters. The summed E-state index contributed by atoms with van der Waals surface area (Å²) >= 11 is 18.3. The van der Waals surface area contributed by atoms with E-state index in [1.165, 1.54) is 0 Å². The molecular weight excluding hydrogens is 467 g/mol. The van der Waals surface area contributed by atoms with Crippen molar-refractivity contribution in [1.82, 2.24) is 9.80 Å². The van der Waals surface area contributed by atoms with Gasteiger partial charge in [0, 0.05) is 53.4 Å². The van der Waals surface area contributed by atoms with Gasteiger partial charge in [-0.25, -0.2) is 0 Å². The lowest BCUT2D eigenvalue weighted by molar-refractivity contribution is 0.0628. The fourth-order valence-corrected chi connectivity index (χ4v) is 4.30. The van der Waals surface area contributed by atoms with Gasteiger partial charge in [0.25, 0.3) is 5.91 Å². The van der Waals surface area contributed by atoms with E-state index in [4.69, 9.17) is 39.5 Å². The number of hydrogen-bond acceptors (Lipinski definition) is 3. The van der Waals surface area contributed by atoms with Crippen LogP contribution in [0, 0.1) is 0 Å². The van der Waals surface area contributed by atoms with Crippen LogP contribution in [-0.2, 0) is 13.2 Å². The third-order valence-electron chi connectivity index (χ3n) is 5.47. The molecule has 0 aromatic heterocycles. The van der Waals surface area contributed by atoms with E-state index in [1.54, 1.807) is 12.1 Å². The van der Waals surface area contributed by atoms with Crippen molar-refractivity contribution in [2.24, 2.45) is 0 Å². The predicted octanol–water partition coefficient (Wildman–Crippen LogP) is 6.18. The molecule has 4 nitrogen and oxygen atoms in total. The average molecular weight is 490 g/mol. The average Bonchev–Trinajstić information content (AvgIpc) is 2.80. The molecule has 0 bridgehead atoms. The SMILES string of the molecule is O=C(c1ccc(COc2cccc(Cl)c2)cc1)N1CCN(Cc2ccc(Cl)cc2Cl)CC1. The highest BCUT2D eigenvalue weighted by atomic mass is 35.5. The first-order valence-corrected chi connectivity index (χ1v) is 11.5. The van der Waals surface area contributed by atoms with Gasteiger partial charge in [-0.1, -0.05) is 59.1 Å².